The van der Waals surface area contributed by atoms with E-state index in [1.807, 2.05) is 0 Å². The van der Waals surface area contributed by atoms with Crippen molar-refractivity contribution in [2.45, 2.75) is 58.8 Å². The Hall–Kier alpha value is 0.310. The standard InChI is InChI=1S/C19H38N4S.HI/c1-6-20-19(23-10-11-24-18(14-23)15(2)3)21-12-17-8-7-9-22(13-17)16(4)5;/h15-18H,6-14H2,1-5H3,(H,20,21);1H. The first-order valence-corrected chi connectivity index (χ1v) is 10.9. The van der Waals surface area contributed by atoms with E-state index in [2.05, 4.69) is 61.5 Å². The zero-order valence-corrected chi connectivity index (χ0v) is 20.0. The summed E-state index contributed by atoms with van der Waals surface area (Å²) in [6.07, 6.45) is 2.65. The summed E-state index contributed by atoms with van der Waals surface area (Å²) >= 11 is 2.13. The van der Waals surface area contributed by atoms with Crippen LogP contribution in [0.1, 0.15) is 47.5 Å². The van der Waals surface area contributed by atoms with Crippen molar-refractivity contribution >= 4 is 41.7 Å². The quantitative estimate of drug-likeness (QED) is 0.367. The van der Waals surface area contributed by atoms with Gasteiger partial charge in [-0.2, -0.15) is 11.8 Å². The highest BCUT2D eigenvalue weighted by Crippen LogP contribution is 2.25. The van der Waals surface area contributed by atoms with Gasteiger partial charge < -0.3 is 15.1 Å². The Kier molecular flexibility index (Phi) is 11.1. The summed E-state index contributed by atoms with van der Waals surface area (Å²) in [4.78, 5) is 10.2. The monoisotopic (exact) mass is 482 g/mol. The Morgan fingerprint density at radius 1 is 1.20 bits per heavy atom. The molecule has 2 saturated heterocycles. The van der Waals surface area contributed by atoms with Gasteiger partial charge >= 0.3 is 0 Å². The van der Waals surface area contributed by atoms with Crippen molar-refractivity contribution in [1.82, 2.24) is 15.1 Å². The lowest BCUT2D eigenvalue weighted by Crippen LogP contribution is -2.49. The number of nitrogens with zero attached hydrogens (tertiary/aromatic N) is 3. The predicted octanol–water partition coefficient (Wildman–Crippen LogP) is 3.76. The van der Waals surface area contributed by atoms with E-state index < -0.39 is 0 Å². The number of likely N-dealkylation sites (tertiary alicyclic amines) is 1. The summed E-state index contributed by atoms with van der Waals surface area (Å²) in [6.45, 7) is 18.2. The van der Waals surface area contributed by atoms with Gasteiger partial charge in [0, 0.05) is 49.8 Å². The van der Waals surface area contributed by atoms with Gasteiger partial charge in [0.1, 0.15) is 0 Å². The third-order valence-corrected chi connectivity index (χ3v) is 6.79. The minimum absolute atomic E-state index is 0. The van der Waals surface area contributed by atoms with E-state index in [9.17, 15) is 0 Å². The summed E-state index contributed by atoms with van der Waals surface area (Å²) in [7, 11) is 0. The molecule has 1 N–H and O–H groups in total. The number of hydrogen-bond acceptors (Lipinski definition) is 3. The molecule has 2 unspecified atom stereocenters. The van der Waals surface area contributed by atoms with Crippen LogP contribution in [0.2, 0.25) is 0 Å². The Morgan fingerprint density at radius 3 is 2.60 bits per heavy atom. The second-order valence-electron chi connectivity index (χ2n) is 7.89. The maximum atomic E-state index is 5.04. The fourth-order valence-corrected chi connectivity index (χ4v) is 4.93. The lowest BCUT2D eigenvalue weighted by Gasteiger charge is -2.37. The molecule has 148 valence electrons. The van der Waals surface area contributed by atoms with Crippen LogP contribution in [-0.2, 0) is 0 Å². The molecule has 2 rings (SSSR count). The number of rotatable bonds is 5. The average molecular weight is 483 g/mol. The fourth-order valence-electron chi connectivity index (χ4n) is 3.63. The molecule has 2 heterocycles. The predicted molar refractivity (Wildman–Crippen MR) is 123 cm³/mol. The first-order valence-electron chi connectivity index (χ1n) is 9.90. The van der Waals surface area contributed by atoms with Crippen molar-refractivity contribution in [3.63, 3.8) is 0 Å². The smallest absolute Gasteiger partial charge is 0.193 e. The number of halogens is 1. The largest absolute Gasteiger partial charge is 0.357 e. The molecule has 2 fully saturated rings. The topological polar surface area (TPSA) is 30.9 Å². The third-order valence-electron chi connectivity index (χ3n) is 5.25. The molecule has 2 aliphatic rings. The molecule has 0 aromatic carbocycles. The van der Waals surface area contributed by atoms with Gasteiger partial charge in [0.25, 0.3) is 0 Å². The van der Waals surface area contributed by atoms with Gasteiger partial charge in [-0.05, 0) is 52.0 Å². The van der Waals surface area contributed by atoms with E-state index in [0.717, 1.165) is 49.2 Å². The Labute approximate surface area is 177 Å². The zero-order valence-electron chi connectivity index (χ0n) is 16.8. The molecular formula is C19H39IN4S. The molecule has 0 aromatic rings. The second-order valence-corrected chi connectivity index (χ2v) is 9.24. The number of hydrogen-bond donors (Lipinski definition) is 1. The van der Waals surface area contributed by atoms with Crippen molar-refractivity contribution in [2.75, 3.05) is 45.0 Å². The molecule has 0 aliphatic carbocycles. The average Bonchev–Trinajstić information content (AvgIpc) is 2.59. The number of thioether (sulfide) groups is 1. The van der Waals surface area contributed by atoms with Crippen molar-refractivity contribution in [2.24, 2.45) is 16.8 Å². The van der Waals surface area contributed by atoms with Crippen molar-refractivity contribution < 1.29 is 0 Å². The maximum Gasteiger partial charge on any atom is 0.193 e. The van der Waals surface area contributed by atoms with E-state index in [-0.39, 0.29) is 24.0 Å². The van der Waals surface area contributed by atoms with Gasteiger partial charge in [0.15, 0.2) is 5.96 Å². The normalized spacial score (nSPS) is 26.0. The molecule has 0 spiro atoms. The molecule has 2 aliphatic heterocycles. The van der Waals surface area contributed by atoms with Crippen LogP contribution >= 0.6 is 35.7 Å². The van der Waals surface area contributed by atoms with Crippen LogP contribution in [0, 0.1) is 11.8 Å². The summed E-state index contributed by atoms with van der Waals surface area (Å²) in [5.74, 6) is 3.82. The van der Waals surface area contributed by atoms with E-state index >= 15 is 0 Å². The first kappa shape index (κ1) is 23.3. The molecule has 2 atom stereocenters. The van der Waals surface area contributed by atoms with Crippen LogP contribution in [0.15, 0.2) is 4.99 Å². The Balaban J connectivity index is 0.00000312. The number of piperidine rings is 1. The molecule has 0 aromatic heterocycles. The minimum atomic E-state index is 0. The highest BCUT2D eigenvalue weighted by Gasteiger charge is 2.26. The van der Waals surface area contributed by atoms with Crippen LogP contribution in [-0.4, -0.2) is 72.1 Å². The zero-order chi connectivity index (χ0) is 17.5. The van der Waals surface area contributed by atoms with Crippen molar-refractivity contribution in [3.05, 3.63) is 0 Å². The van der Waals surface area contributed by atoms with Gasteiger partial charge in [-0.3, -0.25) is 4.99 Å². The van der Waals surface area contributed by atoms with Gasteiger partial charge in [-0.15, -0.1) is 24.0 Å². The van der Waals surface area contributed by atoms with Crippen LogP contribution in [0.5, 0.6) is 0 Å². The summed E-state index contributed by atoms with van der Waals surface area (Å²) < 4.78 is 0. The Morgan fingerprint density at radius 2 is 1.96 bits per heavy atom. The minimum Gasteiger partial charge on any atom is -0.357 e. The highest BCUT2D eigenvalue weighted by molar-refractivity contribution is 14.0. The number of nitrogens with one attached hydrogen (secondary N) is 1. The molecule has 6 heteroatoms. The van der Waals surface area contributed by atoms with E-state index in [1.54, 1.807) is 0 Å². The van der Waals surface area contributed by atoms with Crippen LogP contribution in [0.4, 0.5) is 0 Å². The van der Waals surface area contributed by atoms with Crippen molar-refractivity contribution in [3.8, 4) is 0 Å². The van der Waals surface area contributed by atoms with Gasteiger partial charge in [0.05, 0.1) is 0 Å². The van der Waals surface area contributed by atoms with Gasteiger partial charge in [-0.1, -0.05) is 13.8 Å². The van der Waals surface area contributed by atoms with Crippen LogP contribution in [0.3, 0.4) is 0 Å². The highest BCUT2D eigenvalue weighted by atomic mass is 127. The SMILES string of the molecule is CCNC(=NCC1CCCN(C(C)C)C1)N1CCSC(C(C)C)C1.I. The maximum absolute atomic E-state index is 5.04. The summed E-state index contributed by atoms with van der Waals surface area (Å²) in [5, 5.41) is 4.27. The van der Waals surface area contributed by atoms with Crippen LogP contribution < -0.4 is 5.32 Å². The number of aliphatic imine (C=N–C) groups is 1. The molecule has 0 bridgehead atoms. The lowest BCUT2D eigenvalue weighted by atomic mass is 9.97. The first-order chi connectivity index (χ1) is 11.5. The van der Waals surface area contributed by atoms with E-state index in [0.29, 0.717) is 6.04 Å². The Bertz CT molecular complexity index is 403. The molecule has 4 nitrogen and oxygen atoms in total. The van der Waals surface area contributed by atoms with Crippen molar-refractivity contribution in [1.29, 1.82) is 0 Å². The number of guanidine groups is 1. The lowest BCUT2D eigenvalue weighted by molar-refractivity contribution is 0.143. The molecule has 0 amide bonds. The second kappa shape index (κ2) is 11.9. The fraction of sp³-hybridized carbons (Fsp3) is 0.947. The molecule has 25 heavy (non-hydrogen) atoms. The molecule has 0 radical (unpaired) electrons. The summed E-state index contributed by atoms with van der Waals surface area (Å²) in [6, 6.07) is 0.663. The van der Waals surface area contributed by atoms with E-state index in [4.69, 9.17) is 4.99 Å². The van der Waals surface area contributed by atoms with Gasteiger partial charge in [0.2, 0.25) is 0 Å². The molecule has 0 saturated carbocycles. The third kappa shape index (κ3) is 7.45. The molecular weight excluding hydrogens is 443 g/mol. The van der Waals surface area contributed by atoms with Crippen LogP contribution in [0.25, 0.3) is 0 Å². The van der Waals surface area contributed by atoms with Gasteiger partial charge in [-0.25, -0.2) is 0 Å². The van der Waals surface area contributed by atoms with E-state index in [1.165, 1.54) is 31.7 Å². The summed E-state index contributed by atoms with van der Waals surface area (Å²) in [5.41, 5.74) is 0.